The summed E-state index contributed by atoms with van der Waals surface area (Å²) in [5, 5.41) is 0. The zero-order valence-electron chi connectivity index (χ0n) is 12.9. The smallest absolute Gasteiger partial charge is 0.438 e. The van der Waals surface area contributed by atoms with Crippen LogP contribution in [0.5, 0.6) is 0 Å². The first kappa shape index (κ1) is 19.8. The Kier molecular flexibility index (Phi) is 11.2. The first-order valence-electron chi connectivity index (χ1n) is 6.38. The average Bonchev–Trinajstić information content (AvgIpc) is 2.53. The first-order chi connectivity index (χ1) is 10.5. The quantitative estimate of drug-likeness (QED) is 0.442. The van der Waals surface area contributed by atoms with Crippen LogP contribution in [0, 0.1) is 0 Å². The van der Waals surface area contributed by atoms with E-state index < -0.39 is 18.5 Å². The summed E-state index contributed by atoms with van der Waals surface area (Å²) in [5.41, 5.74) is 0. The predicted octanol–water partition coefficient (Wildman–Crippen LogP) is 0.637. The third-order valence-electron chi connectivity index (χ3n) is 2.38. The molecule has 0 N–H and O–H groups in total. The molecule has 0 rings (SSSR count). The summed E-state index contributed by atoms with van der Waals surface area (Å²) in [6.07, 6.45) is -2.38. The molecular weight excluding hydrogens is 302 g/mol. The molecule has 0 aliphatic carbocycles. The molecule has 128 valence electrons. The molecule has 0 aromatic rings. The van der Waals surface area contributed by atoms with Crippen molar-refractivity contribution < 1.29 is 42.8 Å². The summed E-state index contributed by atoms with van der Waals surface area (Å²) in [4.78, 5) is 34.3. The van der Waals surface area contributed by atoms with Crippen molar-refractivity contribution in [3.63, 3.8) is 0 Å². The maximum Gasteiger partial charge on any atom is 0.508 e. The monoisotopic (exact) mass is 323 g/mol. The van der Waals surface area contributed by atoms with Gasteiger partial charge in [0.25, 0.3) is 0 Å². The highest BCUT2D eigenvalue weighted by atomic mass is 16.7. The fraction of sp³-hybridized carbons (Fsp3) is 0.750. The standard InChI is InChI=1S/C12H21NO9/c1-17-10(14)20-7-4-13(5-8-21-11(15)18-2)6-9-22-12(16)19-3/h4-9H2,1-3H3. The average molecular weight is 323 g/mol. The Hall–Kier alpha value is -2.23. The van der Waals surface area contributed by atoms with E-state index in [0.29, 0.717) is 19.6 Å². The first-order valence-corrected chi connectivity index (χ1v) is 6.38. The second-order valence-electron chi connectivity index (χ2n) is 3.75. The van der Waals surface area contributed by atoms with Crippen molar-refractivity contribution >= 4 is 18.5 Å². The number of hydrogen-bond donors (Lipinski definition) is 0. The fourth-order valence-corrected chi connectivity index (χ4v) is 1.29. The third kappa shape index (κ3) is 10.5. The van der Waals surface area contributed by atoms with E-state index in [2.05, 4.69) is 14.2 Å². The van der Waals surface area contributed by atoms with Gasteiger partial charge in [-0.3, -0.25) is 4.90 Å². The van der Waals surface area contributed by atoms with Crippen molar-refractivity contribution in [2.24, 2.45) is 0 Å². The van der Waals surface area contributed by atoms with Gasteiger partial charge in [-0.2, -0.15) is 0 Å². The molecule has 0 heterocycles. The van der Waals surface area contributed by atoms with Crippen molar-refractivity contribution in [3.8, 4) is 0 Å². The van der Waals surface area contributed by atoms with Gasteiger partial charge in [0.2, 0.25) is 0 Å². The van der Waals surface area contributed by atoms with E-state index in [9.17, 15) is 14.4 Å². The zero-order chi connectivity index (χ0) is 16.8. The summed E-state index contributed by atoms with van der Waals surface area (Å²) in [7, 11) is 3.61. The van der Waals surface area contributed by atoms with E-state index in [4.69, 9.17) is 14.2 Å². The number of rotatable bonds is 9. The molecular formula is C12H21NO9. The Bertz CT molecular complexity index is 295. The molecule has 0 radical (unpaired) electrons. The highest BCUT2D eigenvalue weighted by molar-refractivity contribution is 5.60. The molecule has 0 amide bonds. The van der Waals surface area contributed by atoms with Crippen LogP contribution in [0.3, 0.4) is 0 Å². The number of ether oxygens (including phenoxy) is 6. The number of carbonyl (C=O) groups excluding carboxylic acids is 3. The number of hydrogen-bond acceptors (Lipinski definition) is 10. The third-order valence-corrected chi connectivity index (χ3v) is 2.38. The number of nitrogens with zero attached hydrogens (tertiary/aromatic N) is 1. The van der Waals surface area contributed by atoms with Crippen molar-refractivity contribution in [1.82, 2.24) is 4.90 Å². The molecule has 0 saturated carbocycles. The molecule has 0 aliphatic heterocycles. The van der Waals surface area contributed by atoms with Crippen LogP contribution in [-0.2, 0) is 28.4 Å². The van der Waals surface area contributed by atoms with Gasteiger partial charge in [0.1, 0.15) is 19.8 Å². The molecule has 0 unspecified atom stereocenters. The molecule has 0 aromatic heterocycles. The molecule has 22 heavy (non-hydrogen) atoms. The van der Waals surface area contributed by atoms with Crippen LogP contribution in [0.4, 0.5) is 14.4 Å². The molecule has 0 spiro atoms. The van der Waals surface area contributed by atoms with Crippen LogP contribution in [-0.4, -0.2) is 84.2 Å². The Morgan fingerprint density at radius 3 is 1.14 bits per heavy atom. The van der Waals surface area contributed by atoms with E-state index in [1.165, 1.54) is 21.3 Å². The van der Waals surface area contributed by atoms with Crippen LogP contribution in [0.15, 0.2) is 0 Å². The largest absolute Gasteiger partial charge is 0.508 e. The van der Waals surface area contributed by atoms with Gasteiger partial charge in [-0.15, -0.1) is 0 Å². The van der Waals surface area contributed by atoms with Gasteiger partial charge in [0.05, 0.1) is 21.3 Å². The molecule has 0 aromatic carbocycles. The lowest BCUT2D eigenvalue weighted by atomic mass is 10.4. The molecule has 10 nitrogen and oxygen atoms in total. The van der Waals surface area contributed by atoms with Crippen molar-refractivity contribution in [2.75, 3.05) is 60.8 Å². The van der Waals surface area contributed by atoms with Gasteiger partial charge in [-0.05, 0) is 0 Å². The van der Waals surface area contributed by atoms with Gasteiger partial charge >= 0.3 is 18.5 Å². The lowest BCUT2D eigenvalue weighted by Gasteiger charge is -2.21. The van der Waals surface area contributed by atoms with Crippen molar-refractivity contribution in [1.29, 1.82) is 0 Å². The summed E-state index contributed by atoms with van der Waals surface area (Å²) >= 11 is 0. The van der Waals surface area contributed by atoms with Crippen LogP contribution >= 0.6 is 0 Å². The fourth-order valence-electron chi connectivity index (χ4n) is 1.29. The van der Waals surface area contributed by atoms with Crippen LogP contribution < -0.4 is 0 Å². The van der Waals surface area contributed by atoms with E-state index in [0.717, 1.165) is 0 Å². The van der Waals surface area contributed by atoms with Gasteiger partial charge in [-0.1, -0.05) is 0 Å². The Labute approximate surface area is 128 Å². The van der Waals surface area contributed by atoms with Gasteiger partial charge in [0, 0.05) is 19.6 Å². The van der Waals surface area contributed by atoms with Crippen molar-refractivity contribution in [3.05, 3.63) is 0 Å². The van der Waals surface area contributed by atoms with Gasteiger partial charge in [-0.25, -0.2) is 14.4 Å². The molecule has 0 bridgehead atoms. The summed E-state index contributed by atoms with van der Waals surface area (Å²) in [5.74, 6) is 0. The van der Waals surface area contributed by atoms with E-state index in [1.54, 1.807) is 4.90 Å². The maximum atomic E-state index is 10.8. The zero-order valence-corrected chi connectivity index (χ0v) is 12.9. The van der Waals surface area contributed by atoms with E-state index in [1.807, 2.05) is 0 Å². The van der Waals surface area contributed by atoms with Crippen molar-refractivity contribution in [2.45, 2.75) is 0 Å². The maximum absolute atomic E-state index is 10.8. The minimum atomic E-state index is -0.795. The lowest BCUT2D eigenvalue weighted by Crippen LogP contribution is -2.35. The van der Waals surface area contributed by atoms with Crippen LogP contribution in [0.25, 0.3) is 0 Å². The molecule has 0 aliphatic rings. The topological polar surface area (TPSA) is 110 Å². The minimum Gasteiger partial charge on any atom is -0.438 e. The second kappa shape index (κ2) is 12.5. The molecule has 0 fully saturated rings. The SMILES string of the molecule is COC(=O)OCCN(CCOC(=O)OC)CCOC(=O)OC. The van der Waals surface area contributed by atoms with Crippen LogP contribution in [0.2, 0.25) is 0 Å². The number of carbonyl (C=O) groups is 3. The summed E-state index contributed by atoms with van der Waals surface area (Å²) < 4.78 is 27.3. The minimum absolute atomic E-state index is 0.0725. The van der Waals surface area contributed by atoms with E-state index in [-0.39, 0.29) is 19.8 Å². The summed E-state index contributed by atoms with van der Waals surface area (Å²) in [6, 6.07) is 0. The molecule has 10 heteroatoms. The highest BCUT2D eigenvalue weighted by Gasteiger charge is 2.10. The Morgan fingerprint density at radius 1 is 0.636 bits per heavy atom. The Balaban J connectivity index is 4.09. The Morgan fingerprint density at radius 2 is 0.909 bits per heavy atom. The lowest BCUT2D eigenvalue weighted by molar-refractivity contribution is 0.0398. The molecule has 0 saturated heterocycles. The van der Waals surface area contributed by atoms with Crippen LogP contribution in [0.1, 0.15) is 0 Å². The van der Waals surface area contributed by atoms with Gasteiger partial charge < -0.3 is 28.4 Å². The second-order valence-corrected chi connectivity index (χ2v) is 3.75. The molecule has 0 atom stereocenters. The normalized spacial score (nSPS) is 9.82. The highest BCUT2D eigenvalue weighted by Crippen LogP contribution is 1.94. The van der Waals surface area contributed by atoms with E-state index >= 15 is 0 Å². The predicted molar refractivity (Wildman–Crippen MR) is 71.5 cm³/mol. The van der Waals surface area contributed by atoms with Gasteiger partial charge in [0.15, 0.2) is 0 Å². The number of methoxy groups -OCH3 is 3. The summed E-state index contributed by atoms with van der Waals surface area (Å²) in [6.45, 7) is 1.23.